The van der Waals surface area contributed by atoms with Crippen molar-refractivity contribution in [1.82, 2.24) is 4.98 Å². The summed E-state index contributed by atoms with van der Waals surface area (Å²) in [6.45, 7) is 0. The van der Waals surface area contributed by atoms with E-state index in [1.165, 1.54) is 7.11 Å². The Bertz CT molecular complexity index is 457. The van der Waals surface area contributed by atoms with Crippen molar-refractivity contribution in [1.29, 1.82) is 5.26 Å². The zero-order valence-corrected chi connectivity index (χ0v) is 10.7. The van der Waals surface area contributed by atoms with Crippen LogP contribution in [0.1, 0.15) is 5.69 Å². The van der Waals surface area contributed by atoms with Gasteiger partial charge in [-0.3, -0.25) is 0 Å². The maximum Gasteiger partial charge on any atom is 0.573 e. The Labute approximate surface area is 108 Å². The number of pyridine rings is 1. The van der Waals surface area contributed by atoms with Crippen LogP contribution in [0, 0.1) is 15.0 Å². The van der Waals surface area contributed by atoms with Gasteiger partial charge < -0.3 is 9.47 Å². The molecule has 1 rings (SSSR count). The maximum absolute atomic E-state index is 12.1. The van der Waals surface area contributed by atoms with E-state index in [0.717, 1.165) is 6.07 Å². The number of nitriles is 1. The largest absolute Gasteiger partial charge is 0.573 e. The Morgan fingerprint density at radius 3 is 2.65 bits per heavy atom. The Hall–Kier alpha value is -1.24. The first-order valence-electron chi connectivity index (χ1n) is 4.23. The monoisotopic (exact) mass is 358 g/mol. The molecule has 1 heterocycles. The Kier molecular flexibility index (Phi) is 4.39. The highest BCUT2D eigenvalue weighted by atomic mass is 127. The highest BCUT2D eigenvalue weighted by Gasteiger charge is 2.33. The summed E-state index contributed by atoms with van der Waals surface area (Å²) in [4.78, 5) is 3.92. The third-order valence-corrected chi connectivity index (χ3v) is 2.21. The molecule has 0 aromatic carbocycles. The van der Waals surface area contributed by atoms with Crippen LogP contribution >= 0.6 is 22.6 Å². The summed E-state index contributed by atoms with van der Waals surface area (Å²) >= 11 is 1.73. The highest BCUT2D eigenvalue weighted by molar-refractivity contribution is 14.1. The standard InChI is InChI=1S/C9H6F3IN2O2/c1-16-8-5(2-3-14)15-7(13)4-6(8)17-9(10,11)12/h4H,2H2,1H3. The van der Waals surface area contributed by atoms with Crippen molar-refractivity contribution in [2.45, 2.75) is 12.8 Å². The van der Waals surface area contributed by atoms with Gasteiger partial charge in [0.05, 0.1) is 19.6 Å². The molecule has 0 unspecified atom stereocenters. The number of halogens is 4. The van der Waals surface area contributed by atoms with Gasteiger partial charge in [-0.15, -0.1) is 13.2 Å². The zero-order chi connectivity index (χ0) is 13.1. The van der Waals surface area contributed by atoms with Gasteiger partial charge in [0.1, 0.15) is 9.39 Å². The van der Waals surface area contributed by atoms with Gasteiger partial charge in [0.15, 0.2) is 11.5 Å². The Balaban J connectivity index is 3.24. The third kappa shape index (κ3) is 3.92. The van der Waals surface area contributed by atoms with Gasteiger partial charge in [-0.1, -0.05) is 0 Å². The summed E-state index contributed by atoms with van der Waals surface area (Å²) in [5.41, 5.74) is 0.112. The molecule has 0 radical (unpaired) electrons. The fourth-order valence-corrected chi connectivity index (χ4v) is 1.72. The quantitative estimate of drug-likeness (QED) is 0.616. The van der Waals surface area contributed by atoms with Gasteiger partial charge in [-0.05, 0) is 22.6 Å². The van der Waals surface area contributed by atoms with Crippen LogP contribution < -0.4 is 9.47 Å². The molecule has 0 bridgehead atoms. The van der Waals surface area contributed by atoms with Crippen LogP contribution in [-0.4, -0.2) is 18.5 Å². The molecule has 4 nitrogen and oxygen atoms in total. The van der Waals surface area contributed by atoms with E-state index >= 15 is 0 Å². The lowest BCUT2D eigenvalue weighted by Crippen LogP contribution is -2.18. The molecule has 1 aromatic rings. The SMILES string of the molecule is COc1c(OC(F)(F)F)cc(I)nc1CC#N. The first-order chi connectivity index (χ1) is 7.87. The number of ether oxygens (including phenoxy) is 2. The van der Waals surface area contributed by atoms with E-state index in [2.05, 4.69) is 9.72 Å². The molecule has 8 heteroatoms. The fraction of sp³-hybridized carbons (Fsp3) is 0.333. The molecule has 0 aliphatic rings. The number of methoxy groups -OCH3 is 1. The molecule has 0 spiro atoms. The van der Waals surface area contributed by atoms with Gasteiger partial charge in [0.25, 0.3) is 0 Å². The van der Waals surface area contributed by atoms with Crippen LogP contribution in [0.4, 0.5) is 13.2 Å². The molecule has 17 heavy (non-hydrogen) atoms. The van der Waals surface area contributed by atoms with Gasteiger partial charge >= 0.3 is 6.36 Å². The van der Waals surface area contributed by atoms with Crippen molar-refractivity contribution in [3.05, 3.63) is 15.5 Å². The minimum atomic E-state index is -4.82. The smallest absolute Gasteiger partial charge is 0.491 e. The van der Waals surface area contributed by atoms with Crippen LogP contribution in [0.2, 0.25) is 0 Å². The van der Waals surface area contributed by atoms with Crippen LogP contribution in [0.25, 0.3) is 0 Å². The summed E-state index contributed by atoms with van der Waals surface area (Å²) < 4.78 is 45.3. The first kappa shape index (κ1) is 13.8. The maximum atomic E-state index is 12.1. The fourth-order valence-electron chi connectivity index (χ4n) is 1.14. The number of rotatable bonds is 3. The summed E-state index contributed by atoms with van der Waals surface area (Å²) in [6, 6.07) is 2.88. The number of hydrogen-bond acceptors (Lipinski definition) is 4. The average molecular weight is 358 g/mol. The van der Waals surface area contributed by atoms with E-state index in [-0.39, 0.29) is 21.6 Å². The van der Waals surface area contributed by atoms with Crippen LogP contribution in [0.5, 0.6) is 11.5 Å². The molecule has 0 saturated heterocycles. The molecule has 0 aliphatic carbocycles. The van der Waals surface area contributed by atoms with Crippen LogP contribution in [0.3, 0.4) is 0 Å². The normalized spacial score (nSPS) is 10.8. The zero-order valence-electron chi connectivity index (χ0n) is 8.51. The van der Waals surface area contributed by atoms with E-state index in [1.807, 2.05) is 0 Å². The van der Waals surface area contributed by atoms with Crippen molar-refractivity contribution in [2.24, 2.45) is 0 Å². The van der Waals surface area contributed by atoms with Gasteiger partial charge in [-0.25, -0.2) is 4.98 Å². The van der Waals surface area contributed by atoms with Gasteiger partial charge in [0.2, 0.25) is 0 Å². The van der Waals surface area contributed by atoms with Crippen molar-refractivity contribution in [3.63, 3.8) is 0 Å². The number of hydrogen-bond donors (Lipinski definition) is 0. The molecule has 0 saturated carbocycles. The lowest BCUT2D eigenvalue weighted by Gasteiger charge is -2.14. The second kappa shape index (κ2) is 5.39. The van der Waals surface area contributed by atoms with Crippen LogP contribution in [0.15, 0.2) is 6.07 Å². The highest BCUT2D eigenvalue weighted by Crippen LogP contribution is 2.35. The lowest BCUT2D eigenvalue weighted by molar-refractivity contribution is -0.275. The van der Waals surface area contributed by atoms with E-state index in [4.69, 9.17) is 10.00 Å². The minimum absolute atomic E-state index is 0.112. The summed E-state index contributed by atoms with van der Waals surface area (Å²) in [5.74, 6) is -0.672. The van der Waals surface area contributed by atoms with E-state index in [0.29, 0.717) is 0 Å². The summed E-state index contributed by atoms with van der Waals surface area (Å²) in [6.07, 6.45) is -4.98. The first-order valence-corrected chi connectivity index (χ1v) is 5.31. The number of alkyl halides is 3. The minimum Gasteiger partial charge on any atom is -0.491 e. The Morgan fingerprint density at radius 2 is 2.18 bits per heavy atom. The third-order valence-electron chi connectivity index (χ3n) is 1.65. The van der Waals surface area contributed by atoms with E-state index < -0.39 is 12.1 Å². The molecular weight excluding hydrogens is 352 g/mol. The summed E-state index contributed by atoms with van der Waals surface area (Å²) in [5, 5.41) is 8.54. The second-order valence-corrected chi connectivity index (χ2v) is 3.91. The predicted octanol–water partition coefficient (Wildman–Crippen LogP) is 2.66. The molecule has 1 aromatic heterocycles. The second-order valence-electron chi connectivity index (χ2n) is 2.81. The molecular formula is C9H6F3IN2O2. The van der Waals surface area contributed by atoms with Crippen molar-refractivity contribution in [2.75, 3.05) is 7.11 Å². The van der Waals surface area contributed by atoms with Crippen molar-refractivity contribution < 1.29 is 22.6 Å². The average Bonchev–Trinajstić information content (AvgIpc) is 2.15. The molecule has 0 fully saturated rings. The van der Waals surface area contributed by atoms with Gasteiger partial charge in [-0.2, -0.15) is 5.26 Å². The molecule has 0 atom stereocenters. The Morgan fingerprint density at radius 1 is 1.53 bits per heavy atom. The number of nitrogens with zero attached hydrogens (tertiary/aromatic N) is 2. The number of aromatic nitrogens is 1. The van der Waals surface area contributed by atoms with Crippen molar-refractivity contribution in [3.8, 4) is 17.6 Å². The predicted molar refractivity (Wildman–Crippen MR) is 59.5 cm³/mol. The lowest BCUT2D eigenvalue weighted by atomic mass is 10.2. The van der Waals surface area contributed by atoms with Crippen molar-refractivity contribution >= 4 is 22.6 Å². The van der Waals surface area contributed by atoms with Gasteiger partial charge in [0, 0.05) is 6.07 Å². The van der Waals surface area contributed by atoms with E-state index in [1.54, 1.807) is 28.7 Å². The topological polar surface area (TPSA) is 55.1 Å². The van der Waals surface area contributed by atoms with Crippen LogP contribution in [-0.2, 0) is 6.42 Å². The summed E-state index contributed by atoms with van der Waals surface area (Å²) in [7, 11) is 1.19. The molecule has 0 aliphatic heterocycles. The molecule has 92 valence electrons. The van der Waals surface area contributed by atoms with E-state index in [9.17, 15) is 13.2 Å². The molecule has 0 N–H and O–H groups in total. The molecule has 0 amide bonds.